The summed E-state index contributed by atoms with van der Waals surface area (Å²) in [7, 11) is 0. The Morgan fingerprint density at radius 3 is 2.76 bits per heavy atom. The first-order valence-electron chi connectivity index (χ1n) is 7.75. The Morgan fingerprint density at radius 2 is 2.00 bits per heavy atom. The highest BCUT2D eigenvalue weighted by molar-refractivity contribution is 5.96. The zero-order valence-electron chi connectivity index (χ0n) is 12.8. The number of rotatable bonds is 2. The molecular formula is C18H22N2O. The molecule has 1 saturated carbocycles. The Morgan fingerprint density at radius 1 is 1.24 bits per heavy atom. The van der Waals surface area contributed by atoms with Crippen molar-refractivity contribution < 1.29 is 4.79 Å². The van der Waals surface area contributed by atoms with Gasteiger partial charge in [-0.25, -0.2) is 0 Å². The van der Waals surface area contributed by atoms with Gasteiger partial charge in [0.15, 0.2) is 0 Å². The monoisotopic (exact) mass is 282 g/mol. The van der Waals surface area contributed by atoms with E-state index >= 15 is 0 Å². The van der Waals surface area contributed by atoms with Gasteiger partial charge in [0.1, 0.15) is 0 Å². The smallest absolute Gasteiger partial charge is 0.230 e. The SMILES string of the molecule is Cc1cccc2cc(NC(=O)C3(C)CCCCC3)cnc12. The number of carbonyl (C=O) groups excluding carboxylic acids is 1. The van der Waals surface area contributed by atoms with Crippen LogP contribution < -0.4 is 5.32 Å². The second kappa shape index (κ2) is 5.47. The lowest BCUT2D eigenvalue weighted by atomic mass is 9.75. The van der Waals surface area contributed by atoms with Crippen LogP contribution in [0.15, 0.2) is 30.5 Å². The zero-order chi connectivity index (χ0) is 14.9. The fourth-order valence-electron chi connectivity index (χ4n) is 3.22. The van der Waals surface area contributed by atoms with Crippen molar-refractivity contribution in [1.82, 2.24) is 4.98 Å². The molecule has 1 heterocycles. The van der Waals surface area contributed by atoms with Crippen molar-refractivity contribution in [2.45, 2.75) is 46.0 Å². The molecule has 2 aromatic rings. The summed E-state index contributed by atoms with van der Waals surface area (Å²) in [5, 5.41) is 4.13. The van der Waals surface area contributed by atoms with E-state index in [9.17, 15) is 4.79 Å². The van der Waals surface area contributed by atoms with Crippen LogP contribution in [-0.4, -0.2) is 10.9 Å². The first-order valence-corrected chi connectivity index (χ1v) is 7.75. The molecule has 1 aromatic heterocycles. The maximum absolute atomic E-state index is 12.6. The number of hydrogen-bond acceptors (Lipinski definition) is 2. The van der Waals surface area contributed by atoms with Crippen molar-refractivity contribution in [2.24, 2.45) is 5.41 Å². The number of aryl methyl sites for hydroxylation is 1. The molecule has 21 heavy (non-hydrogen) atoms. The summed E-state index contributed by atoms with van der Waals surface area (Å²) in [6, 6.07) is 8.12. The van der Waals surface area contributed by atoms with E-state index in [2.05, 4.69) is 30.2 Å². The summed E-state index contributed by atoms with van der Waals surface area (Å²) in [6.07, 6.45) is 7.29. The van der Waals surface area contributed by atoms with Gasteiger partial charge < -0.3 is 5.32 Å². The second-order valence-electron chi connectivity index (χ2n) is 6.45. The van der Waals surface area contributed by atoms with Crippen molar-refractivity contribution in [1.29, 1.82) is 0 Å². The van der Waals surface area contributed by atoms with Crippen molar-refractivity contribution in [3.8, 4) is 0 Å². The number of anilines is 1. The topological polar surface area (TPSA) is 42.0 Å². The lowest BCUT2D eigenvalue weighted by Gasteiger charge is -2.31. The fraction of sp³-hybridized carbons (Fsp3) is 0.444. The van der Waals surface area contributed by atoms with E-state index in [0.29, 0.717) is 0 Å². The highest BCUT2D eigenvalue weighted by atomic mass is 16.2. The Hall–Kier alpha value is -1.90. The summed E-state index contributed by atoms with van der Waals surface area (Å²) >= 11 is 0. The Kier molecular flexibility index (Phi) is 3.66. The van der Waals surface area contributed by atoms with Crippen LogP contribution in [0.4, 0.5) is 5.69 Å². The number of nitrogens with one attached hydrogen (secondary N) is 1. The van der Waals surface area contributed by atoms with E-state index in [1.54, 1.807) is 6.20 Å². The Balaban J connectivity index is 1.83. The molecule has 0 atom stereocenters. The average molecular weight is 282 g/mol. The van der Waals surface area contributed by atoms with Gasteiger partial charge in [-0.15, -0.1) is 0 Å². The lowest BCUT2D eigenvalue weighted by molar-refractivity contribution is -0.126. The lowest BCUT2D eigenvalue weighted by Crippen LogP contribution is -2.35. The fourth-order valence-corrected chi connectivity index (χ4v) is 3.22. The van der Waals surface area contributed by atoms with Crippen molar-refractivity contribution in [3.05, 3.63) is 36.0 Å². The number of hydrogen-bond donors (Lipinski definition) is 1. The molecule has 110 valence electrons. The zero-order valence-corrected chi connectivity index (χ0v) is 12.8. The van der Waals surface area contributed by atoms with Gasteiger partial charge in [-0.2, -0.15) is 0 Å². The van der Waals surface area contributed by atoms with Crippen LogP contribution in [0.5, 0.6) is 0 Å². The molecule has 1 amide bonds. The number of benzene rings is 1. The Bertz CT molecular complexity index is 672. The number of amides is 1. The first-order chi connectivity index (χ1) is 10.1. The number of pyridine rings is 1. The van der Waals surface area contributed by atoms with E-state index in [4.69, 9.17) is 0 Å². The Labute approximate surface area is 125 Å². The predicted molar refractivity (Wildman–Crippen MR) is 86.3 cm³/mol. The number of para-hydroxylation sites is 1. The maximum Gasteiger partial charge on any atom is 0.230 e. The molecule has 0 bridgehead atoms. The number of aromatic nitrogens is 1. The molecule has 3 heteroatoms. The van der Waals surface area contributed by atoms with Gasteiger partial charge in [0.05, 0.1) is 17.4 Å². The van der Waals surface area contributed by atoms with Crippen LogP contribution in [0.2, 0.25) is 0 Å². The summed E-state index contributed by atoms with van der Waals surface area (Å²) in [6.45, 7) is 4.14. The maximum atomic E-state index is 12.6. The molecule has 0 spiro atoms. The first kappa shape index (κ1) is 14.1. The van der Waals surface area contributed by atoms with E-state index < -0.39 is 0 Å². The van der Waals surface area contributed by atoms with Crippen LogP contribution in [0.25, 0.3) is 10.9 Å². The van der Waals surface area contributed by atoms with Crippen LogP contribution in [0, 0.1) is 12.3 Å². The summed E-state index contributed by atoms with van der Waals surface area (Å²) in [5.74, 6) is 0.135. The second-order valence-corrected chi connectivity index (χ2v) is 6.45. The molecule has 1 aromatic carbocycles. The summed E-state index contributed by atoms with van der Waals surface area (Å²) < 4.78 is 0. The third-order valence-corrected chi connectivity index (χ3v) is 4.68. The minimum Gasteiger partial charge on any atom is -0.324 e. The van der Waals surface area contributed by atoms with Gasteiger partial charge >= 0.3 is 0 Å². The van der Waals surface area contributed by atoms with Gasteiger partial charge in [0.25, 0.3) is 0 Å². The predicted octanol–water partition coefficient (Wildman–Crippen LogP) is 4.45. The summed E-state index contributed by atoms with van der Waals surface area (Å²) in [5.41, 5.74) is 2.73. The van der Waals surface area contributed by atoms with Gasteiger partial charge in [0.2, 0.25) is 5.91 Å². The molecule has 1 aliphatic carbocycles. The van der Waals surface area contributed by atoms with E-state index in [1.165, 1.54) is 6.42 Å². The highest BCUT2D eigenvalue weighted by Crippen LogP contribution is 2.36. The third kappa shape index (κ3) is 2.78. The van der Waals surface area contributed by atoms with Crippen LogP contribution in [0.3, 0.4) is 0 Å². The molecule has 3 rings (SSSR count). The molecule has 1 fully saturated rings. The van der Waals surface area contributed by atoms with Crippen LogP contribution in [0.1, 0.15) is 44.6 Å². The number of carbonyl (C=O) groups is 1. The quantitative estimate of drug-likeness (QED) is 0.884. The number of nitrogens with zero attached hydrogens (tertiary/aromatic N) is 1. The minimum absolute atomic E-state index is 0.135. The normalized spacial score (nSPS) is 17.6. The van der Waals surface area contributed by atoms with Gasteiger partial charge in [-0.3, -0.25) is 9.78 Å². The van der Waals surface area contributed by atoms with E-state index in [-0.39, 0.29) is 11.3 Å². The average Bonchev–Trinajstić information content (AvgIpc) is 2.48. The standard InChI is InChI=1S/C18H22N2O/c1-13-7-6-8-14-11-15(12-19-16(13)14)20-17(21)18(2)9-4-3-5-10-18/h6-8,11-12H,3-5,9-10H2,1-2H3,(H,20,21). The molecule has 1 N–H and O–H groups in total. The molecule has 0 aliphatic heterocycles. The molecule has 0 unspecified atom stereocenters. The van der Waals surface area contributed by atoms with Crippen LogP contribution >= 0.6 is 0 Å². The third-order valence-electron chi connectivity index (χ3n) is 4.68. The largest absolute Gasteiger partial charge is 0.324 e. The van der Waals surface area contributed by atoms with E-state index in [1.807, 2.05) is 18.2 Å². The molecule has 1 aliphatic rings. The van der Waals surface area contributed by atoms with Gasteiger partial charge in [-0.1, -0.05) is 44.4 Å². The molecular weight excluding hydrogens is 260 g/mol. The van der Waals surface area contributed by atoms with Gasteiger partial charge in [0, 0.05) is 10.8 Å². The summed E-state index contributed by atoms with van der Waals surface area (Å²) in [4.78, 5) is 17.0. The van der Waals surface area contributed by atoms with E-state index in [0.717, 1.165) is 47.8 Å². The van der Waals surface area contributed by atoms with Crippen molar-refractivity contribution in [3.63, 3.8) is 0 Å². The molecule has 0 saturated heterocycles. The van der Waals surface area contributed by atoms with Crippen molar-refractivity contribution >= 4 is 22.5 Å². The molecule has 0 radical (unpaired) electrons. The molecule has 3 nitrogen and oxygen atoms in total. The van der Waals surface area contributed by atoms with Crippen LogP contribution in [-0.2, 0) is 4.79 Å². The number of fused-ring (bicyclic) bond motifs is 1. The minimum atomic E-state index is -0.222. The van der Waals surface area contributed by atoms with Gasteiger partial charge in [-0.05, 0) is 31.4 Å². The highest BCUT2D eigenvalue weighted by Gasteiger charge is 2.34. The van der Waals surface area contributed by atoms with Crippen molar-refractivity contribution in [2.75, 3.05) is 5.32 Å².